The van der Waals surface area contributed by atoms with Crippen LogP contribution in [0.5, 0.6) is 11.5 Å². The normalized spacial score (nSPS) is 10.8. The van der Waals surface area contributed by atoms with Gasteiger partial charge < -0.3 is 14.7 Å². The molecule has 0 aromatic heterocycles. The molecule has 1 N–H and O–H groups in total. The van der Waals surface area contributed by atoms with E-state index in [0.29, 0.717) is 11.3 Å². The number of hydrogen-bond donors (Lipinski definition) is 1. The van der Waals surface area contributed by atoms with Gasteiger partial charge in [0.2, 0.25) is 0 Å². The Morgan fingerprint density at radius 1 is 1.22 bits per heavy atom. The van der Waals surface area contributed by atoms with Crippen molar-refractivity contribution < 1.29 is 14.6 Å². The number of carbonyl (C=O) groups excluding carboxylic acids is 1. The lowest BCUT2D eigenvalue weighted by Crippen LogP contribution is -2.42. The number of phenolic OH excluding ortho intramolecular Hbond substituents is 1. The third-order valence-electron chi connectivity index (χ3n) is 2.78. The Morgan fingerprint density at radius 3 is 2.17 bits per heavy atom. The van der Waals surface area contributed by atoms with Crippen LogP contribution >= 0.6 is 0 Å². The summed E-state index contributed by atoms with van der Waals surface area (Å²) in [4.78, 5) is 14.1. The van der Waals surface area contributed by atoms with Gasteiger partial charge in [-0.1, -0.05) is 0 Å². The van der Waals surface area contributed by atoms with E-state index in [1.165, 1.54) is 13.2 Å². The summed E-state index contributed by atoms with van der Waals surface area (Å²) in [6.45, 7) is 7.83. The monoisotopic (exact) mass is 251 g/mol. The van der Waals surface area contributed by atoms with Crippen LogP contribution < -0.4 is 4.74 Å². The maximum absolute atomic E-state index is 12.4. The largest absolute Gasteiger partial charge is 0.507 e. The number of phenols is 1. The van der Waals surface area contributed by atoms with Gasteiger partial charge >= 0.3 is 0 Å². The van der Waals surface area contributed by atoms with Crippen LogP contribution in [-0.2, 0) is 0 Å². The summed E-state index contributed by atoms with van der Waals surface area (Å²) in [5, 5.41) is 9.88. The summed E-state index contributed by atoms with van der Waals surface area (Å²) in [7, 11) is 1.52. The first kappa shape index (κ1) is 14.4. The molecule has 18 heavy (non-hydrogen) atoms. The number of benzene rings is 1. The average Bonchev–Trinajstić information content (AvgIpc) is 2.27. The summed E-state index contributed by atoms with van der Waals surface area (Å²) in [6.07, 6.45) is 0. The minimum Gasteiger partial charge on any atom is -0.507 e. The highest BCUT2D eigenvalue weighted by Gasteiger charge is 2.23. The minimum atomic E-state index is -0.167. The molecule has 0 aliphatic rings. The first-order valence-electron chi connectivity index (χ1n) is 6.08. The lowest BCUT2D eigenvalue weighted by molar-refractivity contribution is 0.0640. The van der Waals surface area contributed by atoms with Gasteiger partial charge in [-0.3, -0.25) is 4.79 Å². The van der Waals surface area contributed by atoms with Crippen molar-refractivity contribution in [1.82, 2.24) is 4.90 Å². The molecule has 4 heteroatoms. The summed E-state index contributed by atoms with van der Waals surface area (Å²) < 4.78 is 5.00. The Kier molecular flexibility index (Phi) is 4.59. The van der Waals surface area contributed by atoms with Crippen LogP contribution in [0.4, 0.5) is 0 Å². The van der Waals surface area contributed by atoms with Gasteiger partial charge in [-0.15, -0.1) is 0 Å². The zero-order valence-electron chi connectivity index (χ0n) is 11.6. The molecule has 0 atom stereocenters. The molecule has 1 rings (SSSR count). The highest BCUT2D eigenvalue weighted by molar-refractivity contribution is 5.97. The molecular formula is C14H21NO3. The fraction of sp³-hybridized carbons (Fsp3) is 0.500. The zero-order chi connectivity index (χ0) is 13.9. The molecule has 1 amide bonds. The number of carbonyl (C=O) groups is 1. The van der Waals surface area contributed by atoms with Crippen LogP contribution in [0.1, 0.15) is 38.1 Å². The lowest BCUT2D eigenvalue weighted by atomic mass is 10.1. The van der Waals surface area contributed by atoms with Crippen molar-refractivity contribution in [2.75, 3.05) is 7.11 Å². The van der Waals surface area contributed by atoms with Crippen molar-refractivity contribution in [3.05, 3.63) is 23.8 Å². The second-order valence-corrected chi connectivity index (χ2v) is 4.78. The third-order valence-corrected chi connectivity index (χ3v) is 2.78. The first-order valence-corrected chi connectivity index (χ1v) is 6.08. The van der Waals surface area contributed by atoms with Crippen LogP contribution in [0.3, 0.4) is 0 Å². The SMILES string of the molecule is COc1ccc(C(=O)N(C(C)C)C(C)C)c(O)c1. The molecule has 0 spiro atoms. The number of amides is 1. The van der Waals surface area contributed by atoms with Crippen LogP contribution in [0.2, 0.25) is 0 Å². The number of hydrogen-bond acceptors (Lipinski definition) is 3. The van der Waals surface area contributed by atoms with E-state index < -0.39 is 0 Å². The van der Waals surface area contributed by atoms with E-state index in [9.17, 15) is 9.90 Å². The average molecular weight is 251 g/mol. The third kappa shape index (κ3) is 2.94. The van der Waals surface area contributed by atoms with Gasteiger partial charge in [-0.05, 0) is 39.8 Å². The van der Waals surface area contributed by atoms with Gasteiger partial charge in [-0.2, -0.15) is 0 Å². The van der Waals surface area contributed by atoms with Gasteiger partial charge in [0, 0.05) is 18.2 Å². The van der Waals surface area contributed by atoms with E-state index >= 15 is 0 Å². The van der Waals surface area contributed by atoms with Gasteiger partial charge in [0.1, 0.15) is 11.5 Å². The van der Waals surface area contributed by atoms with Crippen molar-refractivity contribution in [3.8, 4) is 11.5 Å². The molecule has 0 unspecified atom stereocenters. The molecule has 0 saturated heterocycles. The van der Waals surface area contributed by atoms with Gasteiger partial charge in [0.15, 0.2) is 0 Å². The van der Waals surface area contributed by atoms with Crippen molar-refractivity contribution in [2.24, 2.45) is 0 Å². The highest BCUT2D eigenvalue weighted by Crippen LogP contribution is 2.25. The van der Waals surface area contributed by atoms with E-state index in [4.69, 9.17) is 4.74 Å². The van der Waals surface area contributed by atoms with Crippen LogP contribution in [0.15, 0.2) is 18.2 Å². The predicted molar refractivity (Wildman–Crippen MR) is 71.1 cm³/mol. The van der Waals surface area contributed by atoms with E-state index in [-0.39, 0.29) is 23.7 Å². The molecule has 0 radical (unpaired) electrons. The van der Waals surface area contributed by atoms with Gasteiger partial charge in [-0.25, -0.2) is 0 Å². The maximum atomic E-state index is 12.4. The maximum Gasteiger partial charge on any atom is 0.258 e. The fourth-order valence-electron chi connectivity index (χ4n) is 2.02. The zero-order valence-corrected chi connectivity index (χ0v) is 11.6. The quantitative estimate of drug-likeness (QED) is 0.895. The van der Waals surface area contributed by atoms with Gasteiger partial charge in [0.25, 0.3) is 5.91 Å². The molecule has 0 fully saturated rings. The molecule has 100 valence electrons. The highest BCUT2D eigenvalue weighted by atomic mass is 16.5. The fourth-order valence-corrected chi connectivity index (χ4v) is 2.02. The number of ether oxygens (including phenoxy) is 1. The Hall–Kier alpha value is -1.71. The molecular weight excluding hydrogens is 230 g/mol. The summed E-state index contributed by atoms with van der Waals surface area (Å²) in [5.74, 6) is 0.315. The molecule has 1 aromatic rings. The molecule has 0 heterocycles. The Labute approximate surface area is 108 Å². The van der Waals surface area contributed by atoms with E-state index in [1.807, 2.05) is 27.7 Å². The predicted octanol–water partition coefficient (Wildman–Crippen LogP) is 2.66. The number of aromatic hydroxyl groups is 1. The molecule has 0 aliphatic heterocycles. The summed E-state index contributed by atoms with van der Waals surface area (Å²) in [6, 6.07) is 4.88. The topological polar surface area (TPSA) is 49.8 Å². The van der Waals surface area contributed by atoms with E-state index in [2.05, 4.69) is 0 Å². The van der Waals surface area contributed by atoms with Crippen LogP contribution in [-0.4, -0.2) is 35.1 Å². The van der Waals surface area contributed by atoms with E-state index in [0.717, 1.165) is 0 Å². The summed E-state index contributed by atoms with van der Waals surface area (Å²) >= 11 is 0. The van der Waals surface area contributed by atoms with E-state index in [1.54, 1.807) is 17.0 Å². The molecule has 4 nitrogen and oxygen atoms in total. The number of methoxy groups -OCH3 is 1. The smallest absolute Gasteiger partial charge is 0.258 e. The van der Waals surface area contributed by atoms with Crippen molar-refractivity contribution in [3.63, 3.8) is 0 Å². The van der Waals surface area contributed by atoms with Crippen molar-refractivity contribution in [2.45, 2.75) is 39.8 Å². The van der Waals surface area contributed by atoms with Crippen LogP contribution in [0.25, 0.3) is 0 Å². The Balaban J connectivity index is 3.09. The standard InChI is InChI=1S/C14H21NO3/c1-9(2)15(10(3)4)14(17)12-7-6-11(18-5)8-13(12)16/h6-10,16H,1-5H3. The molecule has 1 aromatic carbocycles. The first-order chi connectivity index (χ1) is 8.38. The molecule has 0 aliphatic carbocycles. The van der Waals surface area contributed by atoms with Crippen molar-refractivity contribution >= 4 is 5.91 Å². The second-order valence-electron chi connectivity index (χ2n) is 4.78. The van der Waals surface area contributed by atoms with Crippen LogP contribution in [0, 0.1) is 0 Å². The lowest BCUT2D eigenvalue weighted by Gasteiger charge is -2.31. The molecule has 0 bridgehead atoms. The number of rotatable bonds is 4. The van der Waals surface area contributed by atoms with Gasteiger partial charge in [0.05, 0.1) is 12.7 Å². The Bertz CT molecular complexity index is 419. The minimum absolute atomic E-state index is 0.0503. The van der Waals surface area contributed by atoms with Crippen molar-refractivity contribution in [1.29, 1.82) is 0 Å². The molecule has 0 saturated carbocycles. The Morgan fingerprint density at radius 2 is 1.78 bits per heavy atom. The second kappa shape index (κ2) is 5.76. The number of nitrogens with zero attached hydrogens (tertiary/aromatic N) is 1. The summed E-state index contributed by atoms with van der Waals surface area (Å²) in [5.41, 5.74) is 0.304.